The first kappa shape index (κ1) is 18.3. The summed E-state index contributed by atoms with van der Waals surface area (Å²) in [6.45, 7) is 2.12. The largest absolute Gasteiger partial charge is 0.393 e. The number of nitrogens with two attached hydrogens (primary N) is 1. The molecule has 144 valence electrons. The molecule has 0 atom stereocenters. The zero-order valence-electron chi connectivity index (χ0n) is 15.8. The highest BCUT2D eigenvalue weighted by atomic mass is 16.6. The van der Waals surface area contributed by atoms with Gasteiger partial charge in [0.2, 0.25) is 0 Å². The molecule has 1 fully saturated rings. The molecule has 0 radical (unpaired) electrons. The molecular weight excluding hydrogens is 350 g/mol. The molecule has 0 aromatic heterocycles. The Kier molecular flexibility index (Phi) is 5.44. The Hall–Kier alpha value is -3.05. The van der Waals surface area contributed by atoms with Gasteiger partial charge in [-0.3, -0.25) is 0 Å². The van der Waals surface area contributed by atoms with Gasteiger partial charge in [0.05, 0.1) is 6.10 Å². The number of oxime groups is 1. The Morgan fingerprint density at radius 2 is 1.71 bits per heavy atom. The summed E-state index contributed by atoms with van der Waals surface area (Å²) < 4.78 is 0. The van der Waals surface area contributed by atoms with E-state index in [1.807, 2.05) is 48.5 Å². The van der Waals surface area contributed by atoms with Crippen LogP contribution in [0.5, 0.6) is 0 Å². The standard InChI is InChI=1S/C23H25N3O2/c24-23(18-8-10-20(11-9-18)26-14-12-21(27)13-15-26)25-28-16-19-6-3-5-17-4-1-2-7-22(17)19/h1-11,21,27H,12-16H2,(H2,24,25). The van der Waals surface area contributed by atoms with Crippen LogP contribution in [0.3, 0.4) is 0 Å². The highest BCUT2D eigenvalue weighted by Gasteiger charge is 2.17. The Bertz CT molecular complexity index is 956. The van der Waals surface area contributed by atoms with E-state index >= 15 is 0 Å². The second-order valence-corrected chi connectivity index (χ2v) is 7.15. The minimum atomic E-state index is -0.169. The van der Waals surface area contributed by atoms with Crippen molar-refractivity contribution in [3.8, 4) is 0 Å². The van der Waals surface area contributed by atoms with Gasteiger partial charge in [-0.15, -0.1) is 0 Å². The summed E-state index contributed by atoms with van der Waals surface area (Å²) >= 11 is 0. The number of nitrogens with zero attached hydrogens (tertiary/aromatic N) is 2. The average Bonchev–Trinajstić information content (AvgIpc) is 2.74. The number of piperidine rings is 1. The summed E-state index contributed by atoms with van der Waals surface area (Å²) in [4.78, 5) is 7.81. The first-order valence-corrected chi connectivity index (χ1v) is 9.66. The lowest BCUT2D eigenvalue weighted by Crippen LogP contribution is -2.35. The minimum Gasteiger partial charge on any atom is -0.393 e. The van der Waals surface area contributed by atoms with Gasteiger partial charge in [-0.05, 0) is 53.4 Å². The van der Waals surface area contributed by atoms with Crippen molar-refractivity contribution < 1.29 is 9.94 Å². The van der Waals surface area contributed by atoms with Crippen LogP contribution in [0.1, 0.15) is 24.0 Å². The van der Waals surface area contributed by atoms with E-state index in [-0.39, 0.29) is 6.10 Å². The Morgan fingerprint density at radius 3 is 2.50 bits per heavy atom. The topological polar surface area (TPSA) is 71.1 Å². The zero-order valence-corrected chi connectivity index (χ0v) is 15.8. The van der Waals surface area contributed by atoms with Crippen molar-refractivity contribution in [2.24, 2.45) is 10.9 Å². The zero-order chi connectivity index (χ0) is 19.3. The van der Waals surface area contributed by atoms with Crippen LogP contribution in [-0.4, -0.2) is 30.1 Å². The SMILES string of the molecule is NC(=NOCc1cccc2ccccc12)c1ccc(N2CCC(O)CC2)cc1. The van der Waals surface area contributed by atoms with E-state index in [1.54, 1.807) is 0 Å². The molecule has 1 heterocycles. The number of aliphatic hydroxyl groups is 1. The lowest BCUT2D eigenvalue weighted by Gasteiger charge is -2.31. The van der Waals surface area contributed by atoms with Crippen LogP contribution < -0.4 is 10.6 Å². The molecule has 0 amide bonds. The molecule has 5 heteroatoms. The summed E-state index contributed by atoms with van der Waals surface area (Å²) in [6.07, 6.45) is 1.46. The third-order valence-corrected chi connectivity index (χ3v) is 5.26. The maximum absolute atomic E-state index is 9.64. The third kappa shape index (κ3) is 4.10. The highest BCUT2D eigenvalue weighted by Crippen LogP contribution is 2.21. The van der Waals surface area contributed by atoms with Crippen LogP contribution in [0.25, 0.3) is 10.8 Å². The van der Waals surface area contributed by atoms with Crippen LogP contribution in [0, 0.1) is 0 Å². The Morgan fingerprint density at radius 1 is 1.00 bits per heavy atom. The van der Waals surface area contributed by atoms with Crippen LogP contribution in [0.15, 0.2) is 71.9 Å². The number of amidine groups is 1. The first-order valence-electron chi connectivity index (χ1n) is 9.66. The van der Waals surface area contributed by atoms with E-state index in [2.05, 4.69) is 28.3 Å². The molecule has 3 aromatic rings. The van der Waals surface area contributed by atoms with E-state index in [9.17, 15) is 5.11 Å². The number of fused-ring (bicyclic) bond motifs is 1. The fourth-order valence-corrected chi connectivity index (χ4v) is 3.61. The second-order valence-electron chi connectivity index (χ2n) is 7.15. The Balaban J connectivity index is 1.40. The number of benzene rings is 3. The molecule has 5 nitrogen and oxygen atoms in total. The highest BCUT2D eigenvalue weighted by molar-refractivity contribution is 5.97. The summed E-state index contributed by atoms with van der Waals surface area (Å²) in [5.41, 5.74) is 9.15. The molecule has 1 aliphatic rings. The molecular formula is C23H25N3O2. The van der Waals surface area contributed by atoms with Crippen molar-refractivity contribution in [2.75, 3.05) is 18.0 Å². The average molecular weight is 375 g/mol. The lowest BCUT2D eigenvalue weighted by molar-refractivity contribution is 0.131. The van der Waals surface area contributed by atoms with Gasteiger partial charge in [-0.1, -0.05) is 47.6 Å². The quantitative estimate of drug-likeness (QED) is 0.406. The maximum Gasteiger partial charge on any atom is 0.170 e. The minimum absolute atomic E-state index is 0.169. The van der Waals surface area contributed by atoms with E-state index in [0.717, 1.165) is 48.1 Å². The molecule has 0 saturated carbocycles. The van der Waals surface area contributed by atoms with E-state index in [4.69, 9.17) is 10.6 Å². The molecule has 1 saturated heterocycles. The molecule has 0 bridgehead atoms. The van der Waals surface area contributed by atoms with Crippen molar-refractivity contribution >= 4 is 22.3 Å². The van der Waals surface area contributed by atoms with E-state index in [0.29, 0.717) is 12.4 Å². The van der Waals surface area contributed by atoms with Gasteiger partial charge in [0.25, 0.3) is 0 Å². The van der Waals surface area contributed by atoms with Crippen molar-refractivity contribution in [3.63, 3.8) is 0 Å². The first-order chi connectivity index (χ1) is 13.7. The number of rotatable bonds is 5. The van der Waals surface area contributed by atoms with Gasteiger partial charge in [-0.25, -0.2) is 0 Å². The predicted molar refractivity (Wildman–Crippen MR) is 113 cm³/mol. The summed E-state index contributed by atoms with van der Waals surface area (Å²) in [6, 6.07) is 22.4. The Labute approximate surface area is 165 Å². The third-order valence-electron chi connectivity index (χ3n) is 5.26. The van der Waals surface area contributed by atoms with Gasteiger partial charge in [0.15, 0.2) is 5.84 Å². The number of hydrogen-bond donors (Lipinski definition) is 2. The van der Waals surface area contributed by atoms with E-state index in [1.165, 1.54) is 5.39 Å². The number of hydrogen-bond acceptors (Lipinski definition) is 4. The van der Waals surface area contributed by atoms with Gasteiger partial charge in [0, 0.05) is 24.3 Å². The smallest absolute Gasteiger partial charge is 0.170 e. The summed E-state index contributed by atoms with van der Waals surface area (Å²) in [5, 5.41) is 16.1. The van der Waals surface area contributed by atoms with Crippen molar-refractivity contribution in [1.29, 1.82) is 0 Å². The second kappa shape index (κ2) is 8.31. The van der Waals surface area contributed by atoms with Gasteiger partial charge in [0.1, 0.15) is 6.61 Å². The normalized spacial score (nSPS) is 15.8. The molecule has 4 rings (SSSR count). The monoisotopic (exact) mass is 375 g/mol. The molecule has 28 heavy (non-hydrogen) atoms. The fraction of sp³-hybridized carbons (Fsp3) is 0.261. The van der Waals surface area contributed by atoms with Gasteiger partial charge in [-0.2, -0.15) is 0 Å². The van der Waals surface area contributed by atoms with Gasteiger partial charge >= 0.3 is 0 Å². The van der Waals surface area contributed by atoms with Crippen LogP contribution >= 0.6 is 0 Å². The van der Waals surface area contributed by atoms with Crippen LogP contribution in [-0.2, 0) is 11.4 Å². The molecule has 3 aromatic carbocycles. The fourth-order valence-electron chi connectivity index (χ4n) is 3.61. The molecule has 0 unspecified atom stereocenters. The van der Waals surface area contributed by atoms with Crippen LogP contribution in [0.2, 0.25) is 0 Å². The maximum atomic E-state index is 9.64. The van der Waals surface area contributed by atoms with E-state index < -0.39 is 0 Å². The molecule has 0 spiro atoms. The van der Waals surface area contributed by atoms with Crippen molar-refractivity contribution in [2.45, 2.75) is 25.6 Å². The summed E-state index contributed by atoms with van der Waals surface area (Å²) in [7, 11) is 0. The molecule has 3 N–H and O–H groups in total. The summed E-state index contributed by atoms with van der Waals surface area (Å²) in [5.74, 6) is 0.362. The van der Waals surface area contributed by atoms with Crippen LogP contribution in [0.4, 0.5) is 5.69 Å². The molecule has 0 aliphatic carbocycles. The number of aliphatic hydroxyl groups excluding tert-OH is 1. The van der Waals surface area contributed by atoms with Gasteiger partial charge < -0.3 is 20.6 Å². The van der Waals surface area contributed by atoms with Crippen molar-refractivity contribution in [1.82, 2.24) is 0 Å². The van der Waals surface area contributed by atoms with Crippen molar-refractivity contribution in [3.05, 3.63) is 77.9 Å². The lowest BCUT2D eigenvalue weighted by atomic mass is 10.1. The predicted octanol–water partition coefficient (Wildman–Crippen LogP) is 3.64. The molecule has 1 aliphatic heterocycles. The number of anilines is 1.